The molecule has 5 nitrogen and oxygen atoms in total. The summed E-state index contributed by atoms with van der Waals surface area (Å²) in [4.78, 5) is 22.2. The number of nitrogens with one attached hydrogen (secondary N) is 1. The van der Waals surface area contributed by atoms with E-state index in [1.165, 1.54) is 6.07 Å². The van der Waals surface area contributed by atoms with E-state index in [4.69, 9.17) is 16.7 Å². The molecular weight excluding hydrogens is 220 g/mol. The van der Waals surface area contributed by atoms with Gasteiger partial charge in [0, 0.05) is 0 Å². The highest BCUT2D eigenvalue weighted by molar-refractivity contribution is 6.35. The van der Waals surface area contributed by atoms with Crippen LogP contribution in [0, 0.1) is 0 Å². The summed E-state index contributed by atoms with van der Waals surface area (Å²) in [5.74, 6) is -1.36. The summed E-state index contributed by atoms with van der Waals surface area (Å²) in [6.07, 6.45) is 0. The fraction of sp³-hybridized carbons (Fsp3) is 0. The van der Waals surface area contributed by atoms with Crippen LogP contribution in [0.15, 0.2) is 23.0 Å². The van der Waals surface area contributed by atoms with Gasteiger partial charge in [0.2, 0.25) is 11.1 Å². The lowest BCUT2D eigenvalue weighted by Gasteiger charge is -1.99. The van der Waals surface area contributed by atoms with Crippen LogP contribution < -0.4 is 5.43 Å². The first-order chi connectivity index (χ1) is 7.11. The summed E-state index contributed by atoms with van der Waals surface area (Å²) in [6.45, 7) is 0. The van der Waals surface area contributed by atoms with Gasteiger partial charge in [-0.3, -0.25) is 9.89 Å². The Balaban J connectivity index is 2.92. The van der Waals surface area contributed by atoms with E-state index in [1.54, 1.807) is 12.1 Å². The molecule has 0 aliphatic carbocycles. The van der Waals surface area contributed by atoms with Crippen molar-refractivity contribution in [1.82, 2.24) is 10.2 Å². The van der Waals surface area contributed by atoms with E-state index in [1.807, 2.05) is 0 Å². The van der Waals surface area contributed by atoms with Crippen molar-refractivity contribution in [3.8, 4) is 0 Å². The van der Waals surface area contributed by atoms with E-state index >= 15 is 0 Å². The van der Waals surface area contributed by atoms with Crippen molar-refractivity contribution < 1.29 is 9.90 Å². The second-order valence-corrected chi connectivity index (χ2v) is 3.28. The average Bonchev–Trinajstić information content (AvgIpc) is 2.19. The molecule has 0 amide bonds. The molecule has 1 heterocycles. The van der Waals surface area contributed by atoms with Crippen LogP contribution in [0.4, 0.5) is 0 Å². The minimum absolute atomic E-state index is 0.218. The number of para-hydroxylation sites is 1. The van der Waals surface area contributed by atoms with E-state index in [0.717, 1.165) is 0 Å². The molecule has 0 aliphatic heterocycles. The molecule has 2 N–H and O–H groups in total. The zero-order valence-corrected chi connectivity index (χ0v) is 8.08. The molecule has 0 atom stereocenters. The van der Waals surface area contributed by atoms with Gasteiger partial charge in [-0.15, -0.1) is 0 Å². The number of carboxylic acid groups (broad SMARTS) is 1. The normalized spacial score (nSPS) is 10.5. The first-order valence-electron chi connectivity index (χ1n) is 4.01. The minimum Gasteiger partial charge on any atom is -0.476 e. The van der Waals surface area contributed by atoms with Gasteiger partial charge in [0.15, 0.2) is 0 Å². The standard InChI is InChI=1S/C9H5ClN2O3/c10-5-3-1-2-4-6(5)11-12-7(8(4)13)9(14)15/h1-3H,(H,11,13)(H,14,15). The second-order valence-electron chi connectivity index (χ2n) is 2.87. The quantitative estimate of drug-likeness (QED) is 0.764. The third kappa shape index (κ3) is 1.46. The molecule has 6 heteroatoms. The number of rotatable bonds is 1. The van der Waals surface area contributed by atoms with Crippen molar-refractivity contribution >= 4 is 28.5 Å². The largest absolute Gasteiger partial charge is 0.476 e. The summed E-state index contributed by atoms with van der Waals surface area (Å²) < 4.78 is 0. The number of carbonyl (C=O) groups is 1. The summed E-state index contributed by atoms with van der Waals surface area (Å²) in [5.41, 5.74) is -0.835. The lowest BCUT2D eigenvalue weighted by atomic mass is 10.2. The predicted octanol–water partition coefficient (Wildman–Crippen LogP) is 1.27. The molecular formula is C9H5ClN2O3. The Bertz CT molecular complexity index is 606. The fourth-order valence-electron chi connectivity index (χ4n) is 1.26. The maximum Gasteiger partial charge on any atom is 0.360 e. The average molecular weight is 225 g/mol. The number of hydrogen-bond acceptors (Lipinski definition) is 3. The number of hydrogen-bond donors (Lipinski definition) is 2. The van der Waals surface area contributed by atoms with Crippen molar-refractivity contribution in [2.75, 3.05) is 0 Å². The second kappa shape index (κ2) is 3.36. The molecule has 1 aromatic heterocycles. The number of aromatic carboxylic acids is 1. The molecule has 2 rings (SSSR count). The van der Waals surface area contributed by atoms with Gasteiger partial charge in [-0.1, -0.05) is 17.7 Å². The fourth-order valence-corrected chi connectivity index (χ4v) is 1.48. The Morgan fingerprint density at radius 3 is 2.87 bits per heavy atom. The highest BCUT2D eigenvalue weighted by Crippen LogP contribution is 2.17. The molecule has 1 aromatic carbocycles. The molecule has 0 radical (unpaired) electrons. The predicted molar refractivity (Wildman–Crippen MR) is 54.3 cm³/mol. The van der Waals surface area contributed by atoms with Crippen LogP contribution >= 0.6 is 11.6 Å². The van der Waals surface area contributed by atoms with Crippen LogP contribution in [0.25, 0.3) is 10.9 Å². The first kappa shape index (κ1) is 9.67. The molecule has 15 heavy (non-hydrogen) atoms. The summed E-state index contributed by atoms with van der Waals surface area (Å²) in [5, 5.41) is 15.1. The maximum atomic E-state index is 11.6. The number of aromatic amines is 1. The van der Waals surface area contributed by atoms with E-state index in [2.05, 4.69) is 10.2 Å². The van der Waals surface area contributed by atoms with E-state index in [0.29, 0.717) is 10.5 Å². The van der Waals surface area contributed by atoms with Gasteiger partial charge < -0.3 is 5.11 Å². The minimum atomic E-state index is -1.36. The number of halogens is 1. The molecule has 0 spiro atoms. The van der Waals surface area contributed by atoms with Crippen LogP contribution in [0.1, 0.15) is 10.5 Å². The first-order valence-corrected chi connectivity index (χ1v) is 4.39. The highest BCUT2D eigenvalue weighted by atomic mass is 35.5. The van der Waals surface area contributed by atoms with Gasteiger partial charge >= 0.3 is 5.97 Å². The Hall–Kier alpha value is -1.88. The molecule has 0 unspecified atom stereocenters. The maximum absolute atomic E-state index is 11.6. The lowest BCUT2D eigenvalue weighted by molar-refractivity contribution is 0.0688. The van der Waals surface area contributed by atoms with Crippen LogP contribution in [0.5, 0.6) is 0 Å². The van der Waals surface area contributed by atoms with Gasteiger partial charge in [0.25, 0.3) is 0 Å². The third-order valence-corrected chi connectivity index (χ3v) is 2.27. The van der Waals surface area contributed by atoms with Gasteiger partial charge in [-0.2, -0.15) is 5.10 Å². The van der Waals surface area contributed by atoms with Gasteiger partial charge in [0.05, 0.1) is 15.9 Å². The monoisotopic (exact) mass is 224 g/mol. The topological polar surface area (TPSA) is 83.0 Å². The molecule has 0 saturated carbocycles. The van der Waals surface area contributed by atoms with E-state index < -0.39 is 17.1 Å². The number of benzene rings is 1. The van der Waals surface area contributed by atoms with E-state index in [-0.39, 0.29) is 5.39 Å². The van der Waals surface area contributed by atoms with Crippen LogP contribution in [-0.2, 0) is 0 Å². The summed E-state index contributed by atoms with van der Waals surface area (Å²) in [6, 6.07) is 4.65. The SMILES string of the molecule is O=C(O)c1n[nH]c2c(Cl)cccc2c1=O. The number of H-pyrrole nitrogens is 1. The zero-order chi connectivity index (χ0) is 11.0. The van der Waals surface area contributed by atoms with Gasteiger partial charge in [0.1, 0.15) is 0 Å². The van der Waals surface area contributed by atoms with Crippen molar-refractivity contribution in [2.24, 2.45) is 0 Å². The molecule has 76 valence electrons. The molecule has 2 aromatic rings. The number of aromatic nitrogens is 2. The number of nitrogens with zero attached hydrogens (tertiary/aromatic N) is 1. The zero-order valence-electron chi connectivity index (χ0n) is 7.32. The molecule has 0 bridgehead atoms. The number of carboxylic acids is 1. The molecule has 0 saturated heterocycles. The summed E-state index contributed by atoms with van der Waals surface area (Å²) in [7, 11) is 0. The van der Waals surface area contributed by atoms with Crippen molar-refractivity contribution in [3.63, 3.8) is 0 Å². The van der Waals surface area contributed by atoms with Crippen LogP contribution in [-0.4, -0.2) is 21.3 Å². The Morgan fingerprint density at radius 1 is 1.47 bits per heavy atom. The highest BCUT2D eigenvalue weighted by Gasteiger charge is 2.13. The Labute approximate surface area is 88.3 Å². The number of fused-ring (bicyclic) bond motifs is 1. The lowest BCUT2D eigenvalue weighted by Crippen LogP contribution is -2.18. The Morgan fingerprint density at radius 2 is 2.20 bits per heavy atom. The van der Waals surface area contributed by atoms with Crippen molar-refractivity contribution in [1.29, 1.82) is 0 Å². The van der Waals surface area contributed by atoms with Crippen molar-refractivity contribution in [3.05, 3.63) is 39.1 Å². The van der Waals surface area contributed by atoms with E-state index in [9.17, 15) is 9.59 Å². The molecule has 0 aliphatic rings. The third-order valence-electron chi connectivity index (χ3n) is 1.96. The van der Waals surface area contributed by atoms with Crippen LogP contribution in [0.2, 0.25) is 5.02 Å². The van der Waals surface area contributed by atoms with Gasteiger partial charge in [-0.05, 0) is 12.1 Å². The van der Waals surface area contributed by atoms with Crippen LogP contribution in [0.3, 0.4) is 0 Å². The summed E-state index contributed by atoms with van der Waals surface area (Å²) >= 11 is 5.80. The van der Waals surface area contributed by atoms with Crippen molar-refractivity contribution in [2.45, 2.75) is 0 Å². The molecule has 0 fully saturated rings. The Kier molecular flexibility index (Phi) is 2.17. The smallest absolute Gasteiger partial charge is 0.360 e. The van der Waals surface area contributed by atoms with Gasteiger partial charge in [-0.25, -0.2) is 4.79 Å².